The number of halogens is 2. The van der Waals surface area contributed by atoms with Gasteiger partial charge in [0.25, 0.3) is 0 Å². The lowest BCUT2D eigenvalue weighted by molar-refractivity contribution is 1.17. The topological polar surface area (TPSA) is 54.5 Å². The molecule has 2 aromatic heterocycles. The molecule has 1 N–H and O–H groups in total. The van der Waals surface area contributed by atoms with Crippen molar-refractivity contribution in [2.45, 2.75) is 0 Å². The van der Waals surface area contributed by atoms with Crippen LogP contribution in [0.15, 0.2) is 31.0 Å². The molecule has 0 radical (unpaired) electrons. The van der Waals surface area contributed by atoms with E-state index in [1.54, 1.807) is 24.8 Å². The fourth-order valence-electron chi connectivity index (χ4n) is 0.530. The van der Waals surface area contributed by atoms with Gasteiger partial charge >= 0.3 is 0 Å². The van der Waals surface area contributed by atoms with E-state index in [1.807, 2.05) is 0 Å². The summed E-state index contributed by atoms with van der Waals surface area (Å²) >= 11 is 10.7. The summed E-state index contributed by atoms with van der Waals surface area (Å²) in [6, 6.07) is 1.56. The van der Waals surface area contributed by atoms with Crippen molar-refractivity contribution in [3.05, 3.63) is 41.4 Å². The highest BCUT2D eigenvalue weighted by molar-refractivity contribution is 6.31. The van der Waals surface area contributed by atoms with Gasteiger partial charge in [0, 0.05) is 18.6 Å². The Hall–Kier alpha value is -1.13. The van der Waals surface area contributed by atoms with E-state index in [1.165, 1.54) is 6.20 Å². The molecule has 68 valence electrons. The van der Waals surface area contributed by atoms with Crippen LogP contribution in [0.4, 0.5) is 0 Å². The van der Waals surface area contributed by atoms with Crippen LogP contribution >= 0.6 is 23.2 Å². The average molecular weight is 217 g/mol. The molecule has 0 aromatic carbocycles. The van der Waals surface area contributed by atoms with E-state index < -0.39 is 0 Å². The molecule has 2 aromatic rings. The zero-order chi connectivity index (χ0) is 9.52. The third-order valence-corrected chi connectivity index (χ3v) is 1.39. The third kappa shape index (κ3) is 4.45. The highest BCUT2D eigenvalue weighted by Gasteiger charge is 1.88. The van der Waals surface area contributed by atoms with Crippen LogP contribution in [0.3, 0.4) is 0 Å². The Kier molecular flexibility index (Phi) is 4.21. The summed E-state index contributed by atoms with van der Waals surface area (Å²) in [5.74, 6) is 0. The molecule has 0 amide bonds. The van der Waals surface area contributed by atoms with Gasteiger partial charge < -0.3 is 4.98 Å². The second-order valence-corrected chi connectivity index (χ2v) is 2.63. The number of imidazole rings is 1. The monoisotopic (exact) mass is 216 g/mol. The fraction of sp³-hybridized carbons (Fsp3) is 0. The third-order valence-electron chi connectivity index (χ3n) is 0.998. The first kappa shape index (κ1) is 9.95. The van der Waals surface area contributed by atoms with Crippen LogP contribution in [0.2, 0.25) is 10.4 Å². The Morgan fingerprint density at radius 1 is 1.23 bits per heavy atom. The summed E-state index contributed by atoms with van der Waals surface area (Å²) in [7, 11) is 0. The molecule has 4 nitrogen and oxygen atoms in total. The van der Waals surface area contributed by atoms with Crippen LogP contribution in [0, 0.1) is 0 Å². The first-order valence-electron chi connectivity index (χ1n) is 3.36. The Balaban J connectivity index is 0.000000145. The number of nitrogens with one attached hydrogen (secondary N) is 1. The number of nitrogens with zero attached hydrogens (tertiary/aromatic N) is 3. The molecule has 0 saturated carbocycles. The summed E-state index contributed by atoms with van der Waals surface area (Å²) in [6.07, 6.45) is 6.58. The second-order valence-electron chi connectivity index (χ2n) is 1.91. The van der Waals surface area contributed by atoms with E-state index in [-0.39, 0.29) is 5.28 Å². The Morgan fingerprint density at radius 3 is 2.38 bits per heavy atom. The quantitative estimate of drug-likeness (QED) is 0.543. The molecule has 0 aliphatic heterocycles. The fourth-order valence-corrected chi connectivity index (χ4v) is 0.857. The van der Waals surface area contributed by atoms with Crippen LogP contribution in [0.25, 0.3) is 0 Å². The van der Waals surface area contributed by atoms with Crippen LogP contribution in [-0.2, 0) is 0 Å². The maximum atomic E-state index is 5.41. The molecule has 0 bridgehead atoms. The van der Waals surface area contributed by atoms with Crippen molar-refractivity contribution >= 4 is 23.2 Å². The van der Waals surface area contributed by atoms with Crippen molar-refractivity contribution in [2.75, 3.05) is 0 Å². The van der Waals surface area contributed by atoms with Gasteiger partial charge in [0.05, 0.1) is 6.33 Å². The number of aromatic amines is 1. The van der Waals surface area contributed by atoms with Crippen molar-refractivity contribution in [1.82, 2.24) is 19.9 Å². The average Bonchev–Trinajstić information content (AvgIpc) is 2.59. The lowest BCUT2D eigenvalue weighted by Gasteiger charge is -1.85. The minimum atomic E-state index is 0.178. The summed E-state index contributed by atoms with van der Waals surface area (Å²) in [4.78, 5) is 13.6. The Labute approximate surface area is 85.0 Å². The first-order valence-corrected chi connectivity index (χ1v) is 4.11. The first-order chi connectivity index (χ1) is 6.29. The second kappa shape index (κ2) is 5.50. The summed E-state index contributed by atoms with van der Waals surface area (Å²) in [6.45, 7) is 0. The van der Waals surface area contributed by atoms with E-state index in [9.17, 15) is 0 Å². The van der Waals surface area contributed by atoms with E-state index in [0.29, 0.717) is 5.15 Å². The Morgan fingerprint density at radius 2 is 2.08 bits per heavy atom. The standard InChI is InChI=1S/C4H2Cl2N2.C3H4N2/c5-3-1-2-7-4(6)8-3;1-2-5-3-4-1/h1-2H;1-3H,(H,4,5). The van der Waals surface area contributed by atoms with E-state index in [4.69, 9.17) is 23.2 Å². The SMILES string of the molecule is Clc1ccnc(Cl)n1.c1c[nH]cn1. The molecule has 0 fully saturated rings. The van der Waals surface area contributed by atoms with E-state index >= 15 is 0 Å². The lowest BCUT2D eigenvalue weighted by atomic mass is 10.7. The maximum Gasteiger partial charge on any atom is 0.223 e. The largest absolute Gasteiger partial charge is 0.351 e. The van der Waals surface area contributed by atoms with Gasteiger partial charge in [-0.1, -0.05) is 11.6 Å². The number of rotatable bonds is 0. The van der Waals surface area contributed by atoms with Gasteiger partial charge in [0.1, 0.15) is 5.15 Å². The van der Waals surface area contributed by atoms with Crippen molar-refractivity contribution in [1.29, 1.82) is 0 Å². The molecule has 0 aliphatic rings. The zero-order valence-corrected chi connectivity index (χ0v) is 8.00. The minimum Gasteiger partial charge on any atom is -0.351 e. The van der Waals surface area contributed by atoms with Crippen molar-refractivity contribution in [2.24, 2.45) is 0 Å². The van der Waals surface area contributed by atoms with Gasteiger partial charge in [-0.15, -0.1) is 0 Å². The molecule has 2 rings (SSSR count). The molecule has 0 unspecified atom stereocenters. The highest BCUT2D eigenvalue weighted by Crippen LogP contribution is 2.04. The molecular weight excluding hydrogens is 211 g/mol. The Bertz CT molecular complexity index is 302. The van der Waals surface area contributed by atoms with Gasteiger partial charge in [0.2, 0.25) is 5.28 Å². The van der Waals surface area contributed by atoms with Gasteiger partial charge in [-0.3, -0.25) is 0 Å². The number of hydrogen-bond donors (Lipinski definition) is 1. The van der Waals surface area contributed by atoms with E-state index in [0.717, 1.165) is 0 Å². The molecule has 0 aliphatic carbocycles. The minimum absolute atomic E-state index is 0.178. The van der Waals surface area contributed by atoms with Gasteiger partial charge in [-0.25, -0.2) is 15.0 Å². The number of hydrogen-bond acceptors (Lipinski definition) is 3. The normalized spacial score (nSPS) is 8.77. The number of H-pyrrole nitrogens is 1. The van der Waals surface area contributed by atoms with Crippen molar-refractivity contribution < 1.29 is 0 Å². The summed E-state index contributed by atoms with van der Waals surface area (Å²) < 4.78 is 0. The lowest BCUT2D eigenvalue weighted by Crippen LogP contribution is -1.77. The van der Waals surface area contributed by atoms with Crippen LogP contribution in [-0.4, -0.2) is 19.9 Å². The smallest absolute Gasteiger partial charge is 0.223 e. The molecule has 0 atom stereocenters. The van der Waals surface area contributed by atoms with Crippen LogP contribution in [0.1, 0.15) is 0 Å². The van der Waals surface area contributed by atoms with Crippen LogP contribution in [0.5, 0.6) is 0 Å². The summed E-state index contributed by atoms with van der Waals surface area (Å²) in [5.41, 5.74) is 0. The van der Waals surface area contributed by atoms with Gasteiger partial charge in [0.15, 0.2) is 0 Å². The molecule has 0 spiro atoms. The van der Waals surface area contributed by atoms with Crippen LogP contribution < -0.4 is 0 Å². The van der Waals surface area contributed by atoms with Gasteiger partial charge in [-0.05, 0) is 17.7 Å². The molecule has 0 saturated heterocycles. The molecular formula is C7H6Cl2N4. The van der Waals surface area contributed by atoms with Crippen molar-refractivity contribution in [3.8, 4) is 0 Å². The maximum absolute atomic E-state index is 5.41. The molecule has 13 heavy (non-hydrogen) atoms. The highest BCUT2D eigenvalue weighted by atomic mass is 35.5. The molecule has 6 heteroatoms. The summed E-state index contributed by atoms with van der Waals surface area (Å²) in [5, 5.41) is 0.544. The van der Waals surface area contributed by atoms with E-state index in [2.05, 4.69) is 19.9 Å². The van der Waals surface area contributed by atoms with Crippen molar-refractivity contribution in [3.63, 3.8) is 0 Å². The number of aromatic nitrogens is 4. The van der Waals surface area contributed by atoms with Gasteiger partial charge in [-0.2, -0.15) is 0 Å². The molecule has 2 heterocycles. The predicted octanol–water partition coefficient (Wildman–Crippen LogP) is 2.19. The predicted molar refractivity (Wildman–Crippen MR) is 50.6 cm³/mol. The zero-order valence-electron chi connectivity index (χ0n) is 6.48.